The van der Waals surface area contributed by atoms with E-state index >= 15 is 0 Å². The smallest absolute Gasteiger partial charge is 0.272 e. The Hall–Kier alpha value is -3.41. The van der Waals surface area contributed by atoms with E-state index in [0.29, 0.717) is 19.4 Å². The van der Waals surface area contributed by atoms with Crippen LogP contribution in [0.2, 0.25) is 0 Å². The minimum Gasteiger partial charge on any atom is -0.381 e. The van der Waals surface area contributed by atoms with Gasteiger partial charge in [-0.3, -0.25) is 29.0 Å². The molecule has 12 heteroatoms. The molecule has 4 N–H and O–H groups in total. The summed E-state index contributed by atoms with van der Waals surface area (Å²) >= 11 is 0. The van der Waals surface area contributed by atoms with Gasteiger partial charge in [-0.2, -0.15) is 0 Å². The predicted molar refractivity (Wildman–Crippen MR) is 194 cm³/mol. The van der Waals surface area contributed by atoms with Crippen molar-refractivity contribution in [3.8, 4) is 0 Å². The quantitative estimate of drug-likeness (QED) is 0.210. The average molecular weight is 711 g/mol. The van der Waals surface area contributed by atoms with Crippen LogP contribution in [-0.4, -0.2) is 86.2 Å². The van der Waals surface area contributed by atoms with E-state index in [1.54, 1.807) is 4.90 Å². The summed E-state index contributed by atoms with van der Waals surface area (Å²) in [5.74, 6) is -2.29. The minimum absolute atomic E-state index is 0.0410. The number of carbonyl (C=O) groups is 5. The number of aliphatic hydroxyl groups excluding tert-OH is 1. The fourth-order valence-electron chi connectivity index (χ4n) is 8.27. The first-order chi connectivity index (χ1) is 24.1. The van der Waals surface area contributed by atoms with E-state index < -0.39 is 47.4 Å². The Morgan fingerprint density at radius 3 is 2.25 bits per heavy atom. The Labute approximate surface area is 304 Å². The van der Waals surface area contributed by atoms with Gasteiger partial charge in [0.25, 0.3) is 11.8 Å². The third kappa shape index (κ3) is 10.1. The number of rotatable bonds is 15. The molecule has 51 heavy (non-hydrogen) atoms. The fourth-order valence-corrected chi connectivity index (χ4v) is 8.27. The van der Waals surface area contributed by atoms with Crippen LogP contribution < -0.4 is 16.0 Å². The monoisotopic (exact) mass is 710 g/mol. The van der Waals surface area contributed by atoms with Gasteiger partial charge in [0.15, 0.2) is 11.9 Å². The molecule has 1 saturated heterocycles. The van der Waals surface area contributed by atoms with Crippen molar-refractivity contribution in [2.75, 3.05) is 6.54 Å². The van der Waals surface area contributed by atoms with Crippen LogP contribution in [0.5, 0.6) is 0 Å². The number of nitrogens with one attached hydrogen (secondary N) is 3. The van der Waals surface area contributed by atoms with Crippen molar-refractivity contribution in [2.24, 2.45) is 35.0 Å². The number of Topliss-reactive ketones (excluding diaryl/α,β-unsaturated/α-hetero) is 1. The van der Waals surface area contributed by atoms with E-state index in [9.17, 15) is 29.1 Å². The summed E-state index contributed by atoms with van der Waals surface area (Å²) in [6, 6.07) is -2.49. The van der Waals surface area contributed by atoms with Crippen molar-refractivity contribution in [3.63, 3.8) is 0 Å². The van der Waals surface area contributed by atoms with E-state index in [1.807, 2.05) is 48.5 Å². The third-order valence-corrected chi connectivity index (χ3v) is 11.7. The molecule has 12 nitrogen and oxygen atoms in total. The highest BCUT2D eigenvalue weighted by atomic mass is 16.3. The van der Waals surface area contributed by atoms with Crippen LogP contribution in [0.3, 0.4) is 0 Å². The predicted octanol–water partition coefficient (Wildman–Crippen LogP) is 4.21. The summed E-state index contributed by atoms with van der Waals surface area (Å²) in [7, 11) is 0. The van der Waals surface area contributed by atoms with Gasteiger partial charge in [0.2, 0.25) is 11.8 Å². The minimum atomic E-state index is -1.44. The maximum absolute atomic E-state index is 14.7. The number of fused-ring (bicyclic) bond motifs is 1. The lowest BCUT2D eigenvalue weighted by Gasteiger charge is -2.37. The molecular weight excluding hydrogens is 648 g/mol. The van der Waals surface area contributed by atoms with Gasteiger partial charge in [-0.1, -0.05) is 73.6 Å². The Kier molecular flexibility index (Phi) is 14.2. The maximum Gasteiger partial charge on any atom is 0.272 e. The zero-order valence-corrected chi connectivity index (χ0v) is 31.8. The van der Waals surface area contributed by atoms with Crippen LogP contribution in [0.15, 0.2) is 18.6 Å². The highest BCUT2D eigenvalue weighted by molar-refractivity contribution is 5.98. The summed E-state index contributed by atoms with van der Waals surface area (Å²) in [5.41, 5.74) is -0.491. The lowest BCUT2D eigenvalue weighted by Crippen LogP contribution is -2.58. The first-order valence-corrected chi connectivity index (χ1v) is 19.3. The largest absolute Gasteiger partial charge is 0.381 e. The van der Waals surface area contributed by atoms with E-state index in [2.05, 4.69) is 25.9 Å². The number of likely N-dealkylation sites (tertiary alicyclic amines) is 1. The zero-order valence-electron chi connectivity index (χ0n) is 31.8. The highest BCUT2D eigenvalue weighted by Gasteiger charge is 2.52. The topological polar surface area (TPSA) is 171 Å². The Morgan fingerprint density at radius 2 is 1.65 bits per heavy atom. The van der Waals surface area contributed by atoms with Gasteiger partial charge in [-0.25, -0.2) is 4.98 Å². The standard InChI is InChI=1S/C39H62N6O6/c1-8-13-29(34(47)37(50)42-24(4)23(2)3)43-36(49)33-27-17-12-16-26(27)22-45(33)38(51)28(39(5,6)7)20-31(46)32(25-14-10-9-11-15-25)44-35(48)30-21-40-18-19-41-30/h18-19,21,23-29,32-34,47H,8-17,20,22H2,1-7H3,(H,42,50)(H,43,49)(H,44,48)/t24-,26-,27-,28+,29-,32-,33-,34?/m0/s1. The lowest BCUT2D eigenvalue weighted by atomic mass is 9.74. The molecule has 1 aliphatic heterocycles. The molecule has 284 valence electrons. The van der Waals surface area contributed by atoms with Crippen LogP contribution in [-0.2, 0) is 19.2 Å². The lowest BCUT2D eigenvalue weighted by molar-refractivity contribution is -0.148. The molecule has 1 unspecified atom stereocenters. The van der Waals surface area contributed by atoms with Gasteiger partial charge in [0, 0.05) is 37.3 Å². The van der Waals surface area contributed by atoms with Crippen molar-refractivity contribution in [1.29, 1.82) is 0 Å². The molecule has 1 aromatic heterocycles. The summed E-state index contributed by atoms with van der Waals surface area (Å²) in [4.78, 5) is 79.3. The molecule has 8 atom stereocenters. The van der Waals surface area contributed by atoms with Crippen LogP contribution in [0, 0.1) is 35.0 Å². The van der Waals surface area contributed by atoms with Crippen molar-refractivity contribution < 1.29 is 29.1 Å². The Morgan fingerprint density at radius 1 is 0.941 bits per heavy atom. The van der Waals surface area contributed by atoms with Crippen molar-refractivity contribution in [2.45, 2.75) is 149 Å². The van der Waals surface area contributed by atoms with Crippen molar-refractivity contribution in [1.82, 2.24) is 30.8 Å². The summed E-state index contributed by atoms with van der Waals surface area (Å²) in [6.07, 6.45) is 11.1. The molecule has 3 fully saturated rings. The second-order valence-corrected chi connectivity index (χ2v) is 16.7. The van der Waals surface area contributed by atoms with Gasteiger partial charge in [0.1, 0.15) is 11.7 Å². The number of nitrogens with zero attached hydrogens (tertiary/aromatic N) is 3. The Balaban J connectivity index is 1.56. The van der Waals surface area contributed by atoms with E-state index in [1.165, 1.54) is 18.6 Å². The van der Waals surface area contributed by atoms with E-state index in [4.69, 9.17) is 0 Å². The molecule has 2 saturated carbocycles. The van der Waals surface area contributed by atoms with E-state index in [0.717, 1.165) is 51.4 Å². The van der Waals surface area contributed by atoms with Crippen LogP contribution in [0.4, 0.5) is 0 Å². The van der Waals surface area contributed by atoms with Crippen LogP contribution >= 0.6 is 0 Å². The summed E-state index contributed by atoms with van der Waals surface area (Å²) < 4.78 is 0. The van der Waals surface area contributed by atoms with Gasteiger partial charge >= 0.3 is 0 Å². The molecule has 0 spiro atoms. The molecule has 4 rings (SSSR count). The Bertz CT molecular complexity index is 1360. The normalized spacial score (nSPS) is 23.9. The third-order valence-electron chi connectivity index (χ3n) is 11.7. The van der Waals surface area contributed by atoms with Gasteiger partial charge < -0.3 is 26.0 Å². The molecule has 2 aliphatic carbocycles. The second-order valence-electron chi connectivity index (χ2n) is 16.7. The molecule has 1 aromatic rings. The number of ketones is 1. The maximum atomic E-state index is 14.7. The number of hydrogen-bond donors (Lipinski definition) is 4. The first kappa shape index (κ1) is 40.4. The molecule has 0 bridgehead atoms. The van der Waals surface area contributed by atoms with Crippen LogP contribution in [0.1, 0.15) is 130 Å². The molecule has 4 amide bonds. The summed E-state index contributed by atoms with van der Waals surface area (Å²) in [6.45, 7) is 14.0. The number of carbonyl (C=O) groups excluding carboxylic acids is 5. The van der Waals surface area contributed by atoms with Crippen LogP contribution in [0.25, 0.3) is 0 Å². The highest BCUT2D eigenvalue weighted by Crippen LogP contribution is 2.44. The van der Waals surface area contributed by atoms with Gasteiger partial charge in [-0.05, 0) is 68.1 Å². The van der Waals surface area contributed by atoms with Gasteiger partial charge in [-0.15, -0.1) is 0 Å². The number of aromatic nitrogens is 2. The first-order valence-electron chi connectivity index (χ1n) is 19.3. The van der Waals surface area contributed by atoms with Crippen molar-refractivity contribution >= 4 is 29.4 Å². The van der Waals surface area contributed by atoms with E-state index in [-0.39, 0.29) is 59.4 Å². The molecule has 3 aliphatic rings. The number of hydrogen-bond acceptors (Lipinski definition) is 8. The fraction of sp³-hybridized carbons (Fsp3) is 0.769. The average Bonchev–Trinajstić information content (AvgIpc) is 3.70. The SMILES string of the molecule is CCC[C@H](NC(=O)[C@@H]1[C@H]2CCC[C@H]2CN1C(=O)[C@@H](CC(=O)[C@@H](NC(=O)c1cnccn1)C1CCCCC1)C(C)(C)C)C(O)C(=O)N[C@@H](C)C(C)C. The van der Waals surface area contributed by atoms with Gasteiger partial charge in [0.05, 0.1) is 18.3 Å². The summed E-state index contributed by atoms with van der Waals surface area (Å²) in [5, 5.41) is 19.9. The number of aliphatic hydroxyl groups is 1. The number of amides is 4. The molecule has 0 aromatic carbocycles. The molecule has 0 radical (unpaired) electrons. The molecule has 2 heterocycles. The molecular formula is C39H62N6O6. The second kappa shape index (κ2) is 17.9. The zero-order chi connectivity index (χ0) is 37.5. The van der Waals surface area contributed by atoms with Crippen molar-refractivity contribution in [3.05, 3.63) is 24.3 Å².